The molecule has 1 heterocycles. The van der Waals surface area contributed by atoms with Crippen molar-refractivity contribution in [3.8, 4) is 5.75 Å². The molecule has 1 aliphatic carbocycles. The number of hydrogen-bond acceptors (Lipinski definition) is 4. The zero-order chi connectivity index (χ0) is 21.3. The fourth-order valence-corrected chi connectivity index (χ4v) is 4.21. The molecular weight excluding hydrogens is 450 g/mol. The molecule has 30 heavy (non-hydrogen) atoms. The van der Waals surface area contributed by atoms with Crippen molar-refractivity contribution < 1.29 is 19.1 Å². The number of fused-ring (bicyclic) bond motifs is 2. The Kier molecular flexibility index (Phi) is 5.51. The summed E-state index contributed by atoms with van der Waals surface area (Å²) in [5.41, 5.74) is 0.841. The average molecular weight is 472 g/mol. The van der Waals surface area contributed by atoms with Crippen LogP contribution in [-0.4, -0.2) is 54.4 Å². The molecule has 2 aliphatic rings. The van der Waals surface area contributed by atoms with E-state index in [-0.39, 0.29) is 18.4 Å². The van der Waals surface area contributed by atoms with E-state index in [9.17, 15) is 14.4 Å². The first-order valence-electron chi connectivity index (χ1n) is 9.75. The molecular formula is C22H22BrN3O4. The molecule has 1 atom stereocenters. The van der Waals surface area contributed by atoms with Crippen molar-refractivity contribution in [1.29, 1.82) is 0 Å². The number of ether oxygens (including phenoxy) is 1. The van der Waals surface area contributed by atoms with Gasteiger partial charge in [-0.25, -0.2) is 4.79 Å². The van der Waals surface area contributed by atoms with Crippen molar-refractivity contribution in [2.75, 3.05) is 26.7 Å². The van der Waals surface area contributed by atoms with Crippen molar-refractivity contribution in [3.63, 3.8) is 0 Å². The van der Waals surface area contributed by atoms with Crippen molar-refractivity contribution in [3.05, 3.63) is 64.1 Å². The summed E-state index contributed by atoms with van der Waals surface area (Å²) in [6.07, 6.45) is 1.23. The zero-order valence-electron chi connectivity index (χ0n) is 16.6. The first-order chi connectivity index (χ1) is 14.4. The van der Waals surface area contributed by atoms with Gasteiger partial charge in [-0.1, -0.05) is 40.2 Å². The van der Waals surface area contributed by atoms with Crippen LogP contribution in [0.25, 0.3) is 0 Å². The van der Waals surface area contributed by atoms with Gasteiger partial charge in [-0.15, -0.1) is 0 Å². The monoisotopic (exact) mass is 471 g/mol. The average Bonchev–Trinajstić information content (AvgIpc) is 3.22. The van der Waals surface area contributed by atoms with Crippen LogP contribution in [0.4, 0.5) is 4.79 Å². The molecule has 1 saturated heterocycles. The summed E-state index contributed by atoms with van der Waals surface area (Å²) < 4.78 is 6.59. The van der Waals surface area contributed by atoms with Gasteiger partial charge in [0, 0.05) is 11.5 Å². The van der Waals surface area contributed by atoms with E-state index in [1.807, 2.05) is 48.5 Å². The second-order valence-electron chi connectivity index (χ2n) is 7.50. The van der Waals surface area contributed by atoms with Crippen LogP contribution in [0.3, 0.4) is 0 Å². The number of carbonyl (C=O) groups is 3. The van der Waals surface area contributed by atoms with Gasteiger partial charge in [0.25, 0.3) is 5.91 Å². The van der Waals surface area contributed by atoms with E-state index in [1.165, 1.54) is 4.90 Å². The van der Waals surface area contributed by atoms with Crippen molar-refractivity contribution >= 4 is 33.8 Å². The minimum absolute atomic E-state index is 0.288. The number of halogens is 1. The van der Waals surface area contributed by atoms with Crippen molar-refractivity contribution in [1.82, 2.24) is 15.1 Å². The molecule has 4 rings (SSSR count). The second kappa shape index (κ2) is 8.10. The normalized spacial score (nSPS) is 19.7. The highest BCUT2D eigenvalue weighted by atomic mass is 79.9. The molecule has 8 heteroatoms. The Labute approximate surface area is 183 Å². The maximum atomic E-state index is 13.1. The summed E-state index contributed by atoms with van der Waals surface area (Å²) in [5, 5.41) is 2.84. The highest BCUT2D eigenvalue weighted by Crippen LogP contribution is 2.41. The molecule has 2 aromatic carbocycles. The first kappa shape index (κ1) is 20.4. The Morgan fingerprint density at radius 1 is 1.20 bits per heavy atom. The summed E-state index contributed by atoms with van der Waals surface area (Å²) >= 11 is 3.37. The number of urea groups is 1. The third-order valence-electron chi connectivity index (χ3n) is 5.65. The van der Waals surface area contributed by atoms with Crippen molar-refractivity contribution in [2.45, 2.75) is 18.4 Å². The SMILES string of the molecule is CN(CCOc1ccc(Br)cc1)C(=O)CN1C(=O)N[C@@]2(CCc3ccccc32)C1=O. The maximum Gasteiger partial charge on any atom is 0.325 e. The van der Waals surface area contributed by atoms with Gasteiger partial charge < -0.3 is 15.0 Å². The summed E-state index contributed by atoms with van der Waals surface area (Å²) in [7, 11) is 1.63. The predicted octanol–water partition coefficient (Wildman–Crippen LogP) is 2.68. The molecule has 0 aromatic heterocycles. The van der Waals surface area contributed by atoms with Crippen LogP contribution in [-0.2, 0) is 21.5 Å². The van der Waals surface area contributed by atoms with Gasteiger partial charge in [-0.2, -0.15) is 0 Å². The molecule has 0 bridgehead atoms. The minimum Gasteiger partial charge on any atom is -0.492 e. The molecule has 0 radical (unpaired) electrons. The topological polar surface area (TPSA) is 79.0 Å². The van der Waals surface area contributed by atoms with Gasteiger partial charge in [0.2, 0.25) is 5.91 Å². The molecule has 1 spiro atoms. The number of benzene rings is 2. The third kappa shape index (κ3) is 3.67. The van der Waals surface area contributed by atoms with E-state index < -0.39 is 11.6 Å². The lowest BCUT2D eigenvalue weighted by Crippen LogP contribution is -2.44. The van der Waals surface area contributed by atoms with Gasteiger partial charge in [0.15, 0.2) is 0 Å². The zero-order valence-corrected chi connectivity index (χ0v) is 18.1. The van der Waals surface area contributed by atoms with Crippen LogP contribution in [0.1, 0.15) is 17.5 Å². The van der Waals surface area contributed by atoms with Crippen LogP contribution in [0, 0.1) is 0 Å². The predicted molar refractivity (Wildman–Crippen MR) is 114 cm³/mol. The number of amides is 4. The number of rotatable bonds is 6. The van der Waals surface area contributed by atoms with Crippen molar-refractivity contribution in [2.24, 2.45) is 0 Å². The lowest BCUT2D eigenvalue weighted by atomic mass is 9.92. The van der Waals surface area contributed by atoms with Crippen LogP contribution >= 0.6 is 15.9 Å². The second-order valence-corrected chi connectivity index (χ2v) is 8.42. The van der Waals surface area contributed by atoms with E-state index in [1.54, 1.807) is 7.05 Å². The van der Waals surface area contributed by atoms with Crippen LogP contribution in [0.15, 0.2) is 53.0 Å². The quantitative estimate of drug-likeness (QED) is 0.656. The minimum atomic E-state index is -1.04. The Morgan fingerprint density at radius 2 is 1.93 bits per heavy atom. The molecule has 1 fully saturated rings. The Balaban J connectivity index is 1.36. The lowest BCUT2D eigenvalue weighted by molar-refractivity contribution is -0.138. The summed E-state index contributed by atoms with van der Waals surface area (Å²) in [5.74, 6) is 0.0292. The number of hydrogen-bond donors (Lipinski definition) is 1. The van der Waals surface area contributed by atoms with E-state index in [0.717, 1.165) is 26.9 Å². The molecule has 7 nitrogen and oxygen atoms in total. The molecule has 0 unspecified atom stereocenters. The molecule has 2 aromatic rings. The molecule has 0 saturated carbocycles. The van der Waals surface area contributed by atoms with E-state index in [0.29, 0.717) is 25.3 Å². The fourth-order valence-electron chi connectivity index (χ4n) is 3.95. The van der Waals surface area contributed by atoms with Gasteiger partial charge in [-0.3, -0.25) is 14.5 Å². The van der Waals surface area contributed by atoms with Gasteiger partial charge in [-0.05, 0) is 48.2 Å². The summed E-state index contributed by atoms with van der Waals surface area (Å²) in [6.45, 7) is 0.358. The Morgan fingerprint density at radius 3 is 2.70 bits per heavy atom. The van der Waals surface area contributed by atoms with E-state index >= 15 is 0 Å². The number of nitrogens with zero attached hydrogens (tertiary/aromatic N) is 2. The summed E-state index contributed by atoms with van der Waals surface area (Å²) in [4.78, 5) is 40.8. The van der Waals surface area contributed by atoms with Crippen LogP contribution in [0.5, 0.6) is 5.75 Å². The highest BCUT2D eigenvalue weighted by molar-refractivity contribution is 9.10. The molecule has 156 valence electrons. The number of imide groups is 1. The van der Waals surface area contributed by atoms with Gasteiger partial charge in [0.1, 0.15) is 24.4 Å². The van der Waals surface area contributed by atoms with Crippen LogP contribution < -0.4 is 10.1 Å². The standard InChI is InChI=1S/C22H22BrN3O4/c1-25(12-13-30-17-8-6-16(23)7-9-17)19(27)14-26-20(28)22(24-21(26)29)11-10-15-4-2-3-5-18(15)22/h2-9H,10-14H2,1H3,(H,24,29)/t22-/m1/s1. The fraction of sp³-hybridized carbons (Fsp3) is 0.318. The largest absolute Gasteiger partial charge is 0.492 e. The molecule has 4 amide bonds. The summed E-state index contributed by atoms with van der Waals surface area (Å²) in [6, 6.07) is 14.5. The van der Waals surface area contributed by atoms with Crippen LogP contribution in [0.2, 0.25) is 0 Å². The lowest BCUT2D eigenvalue weighted by Gasteiger charge is -2.23. The number of likely N-dealkylation sites (N-methyl/N-ethyl adjacent to an activating group) is 1. The first-order valence-corrected chi connectivity index (χ1v) is 10.5. The Hall–Kier alpha value is -2.87. The third-order valence-corrected chi connectivity index (χ3v) is 6.18. The van der Waals surface area contributed by atoms with E-state index in [2.05, 4.69) is 21.2 Å². The number of carbonyl (C=O) groups excluding carboxylic acids is 3. The maximum absolute atomic E-state index is 13.1. The molecule has 1 N–H and O–H groups in total. The molecule has 1 aliphatic heterocycles. The van der Waals surface area contributed by atoms with Gasteiger partial charge in [0.05, 0.1) is 6.54 Å². The Bertz CT molecular complexity index is 994. The number of aryl methyl sites for hydroxylation is 1. The highest BCUT2D eigenvalue weighted by Gasteiger charge is 2.55. The van der Waals surface area contributed by atoms with E-state index in [4.69, 9.17) is 4.74 Å². The number of nitrogens with one attached hydrogen (secondary N) is 1. The smallest absolute Gasteiger partial charge is 0.325 e. The van der Waals surface area contributed by atoms with Gasteiger partial charge >= 0.3 is 6.03 Å².